The molecule has 18 heteroatoms. The molecule has 7 atom stereocenters. The van der Waals surface area contributed by atoms with Crippen LogP contribution in [0.2, 0.25) is 0 Å². The highest BCUT2D eigenvalue weighted by Crippen LogP contribution is 2.47. The summed E-state index contributed by atoms with van der Waals surface area (Å²) in [7, 11) is -4.04. The number of benzene rings is 1. The zero-order valence-electron chi connectivity index (χ0n) is 34.3. The number of carbonyl (C=O) groups is 4. The molecule has 4 N–H and O–H groups in total. The number of hydrogen-bond acceptors (Lipinski definition) is 12. The summed E-state index contributed by atoms with van der Waals surface area (Å²) in [5.74, 6) is -1.68. The lowest BCUT2D eigenvalue weighted by Crippen LogP contribution is -2.60. The summed E-state index contributed by atoms with van der Waals surface area (Å²) in [6.45, 7) is 8.95. The first-order valence-corrected chi connectivity index (χ1v) is 22.8. The van der Waals surface area contributed by atoms with E-state index in [1.165, 1.54) is 16.2 Å². The van der Waals surface area contributed by atoms with Crippen LogP contribution in [0.3, 0.4) is 0 Å². The molecule has 0 spiro atoms. The van der Waals surface area contributed by atoms with Crippen molar-refractivity contribution in [3.05, 3.63) is 59.4 Å². The summed E-state index contributed by atoms with van der Waals surface area (Å²) in [6.07, 6.45) is 2.42. The molecule has 60 heavy (non-hydrogen) atoms. The van der Waals surface area contributed by atoms with Gasteiger partial charge in [0.1, 0.15) is 35.2 Å². The number of carboxylic acid groups (broad SMARTS) is 1. The lowest BCUT2D eigenvalue weighted by atomic mass is 10.0. The normalized spacial score (nSPS) is 27.7. The Morgan fingerprint density at radius 1 is 1.12 bits per heavy atom. The van der Waals surface area contributed by atoms with E-state index < -0.39 is 74.3 Å². The molecule has 1 aromatic carbocycles. The van der Waals surface area contributed by atoms with Gasteiger partial charge in [0.15, 0.2) is 0 Å². The standard InChI is InChI=1S/C42H52N6O10S2/c1-6-35-36(45-40(52)53)38(50)48-21-30(58-29-17-31(44-32(18-29)33-22-59-23-43-33)26-11-13-28(14-12-26)56-24(2)3)19-34(48)37(49)46-42(20-27(42)10-8-7-9-25(4)57-35)39(51)47-60(54,55)41(5)15-16-41/h8,10-14,17-18,22-25,27,30,34-36,45H,6-7,9,15-16,19-21H2,1-5H3,(H,46,49)(H,47,51)(H,52,53)/t25-,27-,30-,34+,35+,36+,42-/m1/s1. The van der Waals surface area contributed by atoms with Crippen molar-refractivity contribution in [1.82, 2.24) is 30.2 Å². The first-order valence-electron chi connectivity index (χ1n) is 20.4. The average molecular weight is 865 g/mol. The van der Waals surface area contributed by atoms with Gasteiger partial charge in [-0.2, -0.15) is 0 Å². The number of thiazole rings is 1. The molecule has 0 radical (unpaired) electrons. The number of allylic oxidation sites excluding steroid dienone is 1. The van der Waals surface area contributed by atoms with E-state index in [1.54, 1.807) is 37.6 Å². The molecule has 4 aliphatic rings. The van der Waals surface area contributed by atoms with E-state index in [0.717, 1.165) is 5.56 Å². The molecular formula is C42H52N6O10S2. The van der Waals surface area contributed by atoms with Crippen molar-refractivity contribution < 1.29 is 46.9 Å². The molecule has 2 saturated carbocycles. The van der Waals surface area contributed by atoms with Gasteiger partial charge in [0.25, 0.3) is 5.91 Å². The van der Waals surface area contributed by atoms with Crippen molar-refractivity contribution >= 4 is 45.2 Å². The van der Waals surface area contributed by atoms with Crippen LogP contribution in [0.15, 0.2) is 59.4 Å². The van der Waals surface area contributed by atoms with Crippen LogP contribution in [-0.4, -0.2) is 106 Å². The van der Waals surface area contributed by atoms with Crippen molar-refractivity contribution in [3.8, 4) is 34.1 Å². The molecule has 7 rings (SSSR count). The highest BCUT2D eigenvalue weighted by Gasteiger charge is 2.63. The molecule has 2 aromatic heterocycles. The molecule has 4 heterocycles. The monoisotopic (exact) mass is 864 g/mol. The summed E-state index contributed by atoms with van der Waals surface area (Å²) in [6, 6.07) is 8.33. The van der Waals surface area contributed by atoms with Gasteiger partial charge in [-0.15, -0.1) is 11.3 Å². The minimum Gasteiger partial charge on any atom is -0.491 e. The number of nitrogens with zero attached hydrogens (tertiary/aromatic N) is 3. The Balaban J connectivity index is 1.23. The SMILES string of the molecule is CC[C@@H]1O[C@H](C)CCC=C[C@@H]2C[C@@]2(C(=O)NS(=O)(=O)C2(C)CC2)NC(=O)[C@@H]2C[C@@H](Oc3cc(-c4ccc(OC(C)C)cc4)nc(-c4cscn4)c3)CN2C(=O)[C@H]1NC(=O)O. The first-order chi connectivity index (χ1) is 28.5. The lowest BCUT2D eigenvalue weighted by molar-refractivity contribution is -0.145. The topological polar surface area (TPSA) is 215 Å². The second kappa shape index (κ2) is 17.1. The predicted octanol–water partition coefficient (Wildman–Crippen LogP) is 5.05. The van der Waals surface area contributed by atoms with Crippen LogP contribution in [0, 0.1) is 5.92 Å². The van der Waals surface area contributed by atoms with Gasteiger partial charge in [-0.3, -0.25) is 19.1 Å². The highest BCUT2D eigenvalue weighted by atomic mass is 32.2. The number of aromatic nitrogens is 2. The largest absolute Gasteiger partial charge is 0.491 e. The van der Waals surface area contributed by atoms with Crippen molar-refractivity contribution in [2.75, 3.05) is 6.54 Å². The smallest absolute Gasteiger partial charge is 0.405 e. The number of carbonyl (C=O) groups excluding carboxylic acids is 3. The molecule has 0 unspecified atom stereocenters. The molecule has 1 saturated heterocycles. The number of amides is 4. The average Bonchev–Trinajstić information content (AvgIpc) is 3.95. The number of fused-ring (bicyclic) bond motifs is 2. The van der Waals surface area contributed by atoms with Crippen LogP contribution in [0.25, 0.3) is 22.6 Å². The van der Waals surface area contributed by atoms with Crippen LogP contribution in [-0.2, 0) is 29.1 Å². The van der Waals surface area contributed by atoms with Crippen LogP contribution >= 0.6 is 11.3 Å². The van der Waals surface area contributed by atoms with E-state index in [4.69, 9.17) is 19.2 Å². The quantitative estimate of drug-likeness (QED) is 0.186. The molecule has 16 nitrogen and oxygen atoms in total. The molecule has 2 aliphatic carbocycles. The zero-order valence-corrected chi connectivity index (χ0v) is 35.9. The number of rotatable bonds is 11. The van der Waals surface area contributed by atoms with Gasteiger partial charge in [-0.05, 0) is 90.5 Å². The first kappa shape index (κ1) is 43.0. The lowest BCUT2D eigenvalue weighted by Gasteiger charge is -2.33. The zero-order chi connectivity index (χ0) is 43.0. The number of pyridine rings is 1. The van der Waals surface area contributed by atoms with Gasteiger partial charge in [0.2, 0.25) is 21.8 Å². The van der Waals surface area contributed by atoms with Gasteiger partial charge in [0.05, 0.1) is 52.2 Å². The number of ether oxygens (including phenoxy) is 3. The fraction of sp³-hybridized carbons (Fsp3) is 0.524. The molecule has 4 amide bonds. The third-order valence-corrected chi connectivity index (χ3v) is 14.3. The van der Waals surface area contributed by atoms with Crippen molar-refractivity contribution in [3.63, 3.8) is 0 Å². The fourth-order valence-corrected chi connectivity index (χ4v) is 9.65. The van der Waals surface area contributed by atoms with Crippen LogP contribution in [0.4, 0.5) is 4.79 Å². The second-order valence-electron chi connectivity index (χ2n) is 16.6. The van der Waals surface area contributed by atoms with E-state index in [9.17, 15) is 32.7 Å². The van der Waals surface area contributed by atoms with Crippen molar-refractivity contribution in [1.29, 1.82) is 0 Å². The van der Waals surface area contributed by atoms with Gasteiger partial charge in [-0.25, -0.2) is 23.2 Å². The van der Waals surface area contributed by atoms with Crippen molar-refractivity contribution in [2.45, 2.75) is 126 Å². The van der Waals surface area contributed by atoms with E-state index in [0.29, 0.717) is 54.3 Å². The minimum absolute atomic E-state index is 0.00649. The Kier molecular flexibility index (Phi) is 12.3. The summed E-state index contributed by atoms with van der Waals surface area (Å²) in [5, 5.41) is 17.0. The Labute approximate surface area is 353 Å². The summed E-state index contributed by atoms with van der Waals surface area (Å²) >= 11 is 1.41. The summed E-state index contributed by atoms with van der Waals surface area (Å²) in [4.78, 5) is 65.9. The molecule has 0 bridgehead atoms. The second-order valence-corrected chi connectivity index (χ2v) is 19.5. The Morgan fingerprint density at radius 2 is 1.85 bits per heavy atom. The summed E-state index contributed by atoms with van der Waals surface area (Å²) in [5.41, 5.74) is 2.61. The minimum atomic E-state index is -4.04. The van der Waals surface area contributed by atoms with E-state index in [-0.39, 0.29) is 38.0 Å². The molecule has 322 valence electrons. The van der Waals surface area contributed by atoms with Gasteiger partial charge >= 0.3 is 6.09 Å². The van der Waals surface area contributed by atoms with Gasteiger partial charge < -0.3 is 34.9 Å². The maximum absolute atomic E-state index is 14.7. The summed E-state index contributed by atoms with van der Waals surface area (Å²) < 4.78 is 46.3. The number of nitrogens with one attached hydrogen (secondary N) is 3. The van der Waals surface area contributed by atoms with Gasteiger partial charge in [-0.1, -0.05) is 19.1 Å². The van der Waals surface area contributed by atoms with Crippen LogP contribution in [0.1, 0.15) is 79.6 Å². The van der Waals surface area contributed by atoms with Gasteiger partial charge in [0, 0.05) is 35.4 Å². The molecule has 2 aliphatic heterocycles. The molecular weight excluding hydrogens is 813 g/mol. The third-order valence-electron chi connectivity index (χ3n) is 11.6. The predicted molar refractivity (Wildman–Crippen MR) is 223 cm³/mol. The Hall–Kier alpha value is -5.07. The fourth-order valence-electron chi connectivity index (χ4n) is 7.80. The number of hydrogen-bond donors (Lipinski definition) is 4. The van der Waals surface area contributed by atoms with E-state index in [2.05, 4.69) is 20.3 Å². The maximum atomic E-state index is 14.7. The van der Waals surface area contributed by atoms with Crippen LogP contribution in [0.5, 0.6) is 11.5 Å². The third kappa shape index (κ3) is 9.29. The Bertz CT molecular complexity index is 2230. The van der Waals surface area contributed by atoms with E-state index >= 15 is 0 Å². The molecule has 3 fully saturated rings. The Morgan fingerprint density at radius 3 is 2.50 bits per heavy atom. The van der Waals surface area contributed by atoms with Crippen molar-refractivity contribution in [2.24, 2.45) is 5.92 Å². The van der Waals surface area contributed by atoms with E-state index in [1.807, 2.05) is 56.5 Å². The van der Waals surface area contributed by atoms with Crippen LogP contribution < -0.4 is 24.8 Å². The molecule has 3 aromatic rings. The maximum Gasteiger partial charge on any atom is 0.405 e. The highest BCUT2D eigenvalue weighted by molar-refractivity contribution is 7.91. The number of sulfonamides is 1.